The van der Waals surface area contributed by atoms with Gasteiger partial charge in [-0.25, -0.2) is 0 Å². The minimum absolute atomic E-state index is 0.390. The number of halogens is 2. The minimum atomic E-state index is 0.390. The first-order valence-corrected chi connectivity index (χ1v) is 6.31. The van der Waals surface area contributed by atoms with Crippen molar-refractivity contribution in [3.8, 4) is 5.75 Å². The maximum atomic E-state index is 6.10. The Hall–Kier alpha value is -1.22. The van der Waals surface area contributed by atoms with E-state index in [1.54, 1.807) is 0 Å². The number of nitrogens with two attached hydrogens (primary N) is 1. The van der Waals surface area contributed by atoms with Gasteiger partial charge in [0, 0.05) is 17.1 Å². The van der Waals surface area contributed by atoms with Crippen molar-refractivity contribution in [2.75, 3.05) is 0 Å². The molecule has 0 aromatic heterocycles. The highest BCUT2D eigenvalue weighted by Crippen LogP contribution is 2.27. The zero-order chi connectivity index (χ0) is 13.0. The lowest BCUT2D eigenvalue weighted by atomic mass is 10.2. The predicted molar refractivity (Wildman–Crippen MR) is 75.1 cm³/mol. The molecule has 2 rings (SSSR count). The molecule has 2 aromatic rings. The highest BCUT2D eigenvalue weighted by Gasteiger charge is 2.04. The zero-order valence-electron chi connectivity index (χ0n) is 9.70. The quantitative estimate of drug-likeness (QED) is 0.918. The van der Waals surface area contributed by atoms with E-state index in [0.717, 1.165) is 11.1 Å². The van der Waals surface area contributed by atoms with Gasteiger partial charge in [-0.05, 0) is 23.8 Å². The van der Waals surface area contributed by atoms with Gasteiger partial charge in [-0.1, -0.05) is 47.5 Å². The van der Waals surface area contributed by atoms with E-state index in [4.69, 9.17) is 33.7 Å². The number of benzene rings is 2. The van der Waals surface area contributed by atoms with Crippen LogP contribution in [0.1, 0.15) is 11.1 Å². The Labute approximate surface area is 116 Å². The van der Waals surface area contributed by atoms with Gasteiger partial charge in [-0.15, -0.1) is 0 Å². The average molecular weight is 282 g/mol. The molecule has 0 spiro atoms. The largest absolute Gasteiger partial charge is 0.487 e. The molecule has 0 amide bonds. The SMILES string of the molecule is NCc1ccc(OCc2ccccc2Cl)c(Cl)c1. The molecule has 0 heterocycles. The second kappa shape index (κ2) is 6.10. The molecule has 4 heteroatoms. The molecule has 18 heavy (non-hydrogen) atoms. The molecule has 0 bridgehead atoms. The lowest BCUT2D eigenvalue weighted by Crippen LogP contribution is -1.99. The van der Waals surface area contributed by atoms with Crippen LogP contribution in [0.2, 0.25) is 10.0 Å². The van der Waals surface area contributed by atoms with Crippen molar-refractivity contribution < 1.29 is 4.74 Å². The van der Waals surface area contributed by atoms with E-state index in [2.05, 4.69) is 0 Å². The molecule has 94 valence electrons. The fourth-order valence-corrected chi connectivity index (χ4v) is 2.01. The Kier molecular flexibility index (Phi) is 4.48. The molecule has 0 radical (unpaired) electrons. The fourth-order valence-electron chi connectivity index (χ4n) is 1.56. The van der Waals surface area contributed by atoms with Gasteiger partial charge in [0.15, 0.2) is 0 Å². The summed E-state index contributed by atoms with van der Waals surface area (Å²) in [6.45, 7) is 0.853. The summed E-state index contributed by atoms with van der Waals surface area (Å²) in [5.41, 5.74) is 7.44. The number of rotatable bonds is 4. The van der Waals surface area contributed by atoms with Crippen molar-refractivity contribution in [3.05, 3.63) is 63.6 Å². The third-order valence-corrected chi connectivity index (χ3v) is 3.24. The maximum Gasteiger partial charge on any atom is 0.138 e. The Bertz CT molecular complexity index is 543. The highest BCUT2D eigenvalue weighted by atomic mass is 35.5. The predicted octanol–water partition coefficient (Wildman–Crippen LogP) is 4.03. The van der Waals surface area contributed by atoms with Crippen LogP contribution in [0.5, 0.6) is 5.75 Å². The standard InChI is InChI=1S/C14H13Cl2NO/c15-12-4-2-1-3-11(12)9-18-14-6-5-10(8-17)7-13(14)16/h1-7H,8-9,17H2. The van der Waals surface area contributed by atoms with Crippen molar-refractivity contribution >= 4 is 23.2 Å². The van der Waals surface area contributed by atoms with Crippen molar-refractivity contribution in [1.82, 2.24) is 0 Å². The highest BCUT2D eigenvalue weighted by molar-refractivity contribution is 6.32. The van der Waals surface area contributed by atoms with Gasteiger partial charge in [0.25, 0.3) is 0 Å². The summed E-state index contributed by atoms with van der Waals surface area (Å²) in [7, 11) is 0. The van der Waals surface area contributed by atoms with Crippen LogP contribution in [-0.4, -0.2) is 0 Å². The van der Waals surface area contributed by atoms with E-state index in [9.17, 15) is 0 Å². The van der Waals surface area contributed by atoms with E-state index in [1.165, 1.54) is 0 Å². The van der Waals surface area contributed by atoms with Gasteiger partial charge in [0.1, 0.15) is 12.4 Å². The molecule has 2 nitrogen and oxygen atoms in total. The Morgan fingerprint density at radius 2 is 1.78 bits per heavy atom. The molecular weight excluding hydrogens is 269 g/mol. The normalized spacial score (nSPS) is 10.4. The summed E-state index contributed by atoms with van der Waals surface area (Å²) in [5.74, 6) is 0.633. The van der Waals surface area contributed by atoms with Crippen molar-refractivity contribution in [3.63, 3.8) is 0 Å². The molecule has 0 aliphatic heterocycles. The average Bonchev–Trinajstić information content (AvgIpc) is 2.39. The second-order valence-electron chi connectivity index (χ2n) is 3.85. The van der Waals surface area contributed by atoms with Crippen LogP contribution in [0, 0.1) is 0 Å². The van der Waals surface area contributed by atoms with Crippen LogP contribution in [0.4, 0.5) is 0 Å². The first-order chi connectivity index (χ1) is 8.70. The number of hydrogen-bond donors (Lipinski definition) is 1. The van der Waals surface area contributed by atoms with Crippen LogP contribution in [0.25, 0.3) is 0 Å². The van der Waals surface area contributed by atoms with Crippen LogP contribution in [0.3, 0.4) is 0 Å². The van der Waals surface area contributed by atoms with Crippen molar-refractivity contribution in [2.45, 2.75) is 13.2 Å². The van der Waals surface area contributed by atoms with E-state index < -0.39 is 0 Å². The van der Waals surface area contributed by atoms with Gasteiger partial charge in [0.05, 0.1) is 5.02 Å². The van der Waals surface area contributed by atoms with Gasteiger partial charge in [-0.2, -0.15) is 0 Å². The van der Waals surface area contributed by atoms with E-state index in [0.29, 0.717) is 28.9 Å². The smallest absolute Gasteiger partial charge is 0.138 e. The summed E-state index contributed by atoms with van der Waals surface area (Å²) < 4.78 is 5.65. The van der Waals surface area contributed by atoms with E-state index in [1.807, 2.05) is 42.5 Å². The molecule has 2 aromatic carbocycles. The van der Waals surface area contributed by atoms with E-state index >= 15 is 0 Å². The maximum absolute atomic E-state index is 6.10. The van der Waals surface area contributed by atoms with Crippen molar-refractivity contribution in [1.29, 1.82) is 0 Å². The Balaban J connectivity index is 2.09. The zero-order valence-corrected chi connectivity index (χ0v) is 11.2. The monoisotopic (exact) mass is 281 g/mol. The fraction of sp³-hybridized carbons (Fsp3) is 0.143. The lowest BCUT2D eigenvalue weighted by molar-refractivity contribution is 0.306. The number of hydrogen-bond acceptors (Lipinski definition) is 2. The Morgan fingerprint density at radius 1 is 1.00 bits per heavy atom. The summed E-state index contributed by atoms with van der Waals surface area (Å²) in [6, 6.07) is 13.1. The molecule has 0 saturated heterocycles. The third-order valence-electron chi connectivity index (χ3n) is 2.57. The topological polar surface area (TPSA) is 35.2 Å². The summed E-state index contributed by atoms with van der Waals surface area (Å²) in [4.78, 5) is 0. The first-order valence-electron chi connectivity index (χ1n) is 5.55. The Morgan fingerprint density at radius 3 is 2.44 bits per heavy atom. The minimum Gasteiger partial charge on any atom is -0.487 e. The van der Waals surface area contributed by atoms with Gasteiger partial charge < -0.3 is 10.5 Å². The molecule has 0 aliphatic rings. The number of ether oxygens (including phenoxy) is 1. The van der Waals surface area contributed by atoms with Crippen LogP contribution >= 0.6 is 23.2 Å². The molecule has 0 fully saturated rings. The lowest BCUT2D eigenvalue weighted by Gasteiger charge is -2.10. The van der Waals surface area contributed by atoms with Crippen LogP contribution in [0.15, 0.2) is 42.5 Å². The molecule has 0 unspecified atom stereocenters. The van der Waals surface area contributed by atoms with Crippen molar-refractivity contribution in [2.24, 2.45) is 5.73 Å². The van der Waals surface area contributed by atoms with Gasteiger partial charge >= 0.3 is 0 Å². The van der Waals surface area contributed by atoms with Crippen LogP contribution in [-0.2, 0) is 13.2 Å². The first kappa shape index (κ1) is 13.2. The molecule has 2 N–H and O–H groups in total. The van der Waals surface area contributed by atoms with Crippen LogP contribution < -0.4 is 10.5 Å². The van der Waals surface area contributed by atoms with E-state index in [-0.39, 0.29) is 0 Å². The molecular formula is C14H13Cl2NO. The summed E-state index contributed by atoms with van der Waals surface area (Å²) in [6.07, 6.45) is 0. The second-order valence-corrected chi connectivity index (χ2v) is 4.66. The molecule has 0 atom stereocenters. The summed E-state index contributed by atoms with van der Waals surface area (Å²) >= 11 is 12.1. The summed E-state index contributed by atoms with van der Waals surface area (Å²) in [5, 5.41) is 1.25. The molecule has 0 aliphatic carbocycles. The third kappa shape index (κ3) is 3.16. The molecule has 0 saturated carbocycles. The van der Waals surface area contributed by atoms with Gasteiger partial charge in [-0.3, -0.25) is 0 Å². The van der Waals surface area contributed by atoms with Gasteiger partial charge in [0.2, 0.25) is 0 Å².